The van der Waals surface area contributed by atoms with Crippen LogP contribution in [0.1, 0.15) is 142 Å². The van der Waals surface area contributed by atoms with Gasteiger partial charge in [-0.3, -0.25) is 0 Å². The zero-order valence-electron chi connectivity index (χ0n) is 53.7. The van der Waals surface area contributed by atoms with Crippen molar-refractivity contribution in [1.29, 1.82) is 0 Å². The molecule has 12 heteroatoms. The maximum Gasteiger partial charge on any atom is 0.162 e. The molecule has 10 rings (SSSR count). The van der Waals surface area contributed by atoms with Crippen molar-refractivity contribution in [3.63, 3.8) is 0 Å². The molecule has 0 spiro atoms. The molecule has 8 aromatic carbocycles. The van der Waals surface area contributed by atoms with Crippen molar-refractivity contribution in [3.05, 3.63) is 194 Å². The largest absolute Gasteiger partial charge is 0.494 e. The van der Waals surface area contributed by atoms with Gasteiger partial charge in [0, 0.05) is 59.2 Å². The average Bonchev–Trinajstić information content (AvgIpc) is 0.779. The standard InChI is InChI=1S/C80H88F2N4O6/c1-3-5-47-89-67-41-43-71(73(81)53-67)79-83-55-63(56-84-79)59-31-37-65(38-32-59)87-49-23-15-11-7-9-13-17-25-51-91-75-45-35-61-27-19-21-29-69(61)77(75)78-70-30-22-20-28-62(70)36-46-76(78)92-52-26-18-14-10-8-12-16-24-50-88-66-39-33-60(34-40-66)64-57-85-80(86-58-64)72-44-42-68(54-74(72)82)90-48-6-4-2/h19-22,27-46,53-58H,3-18,23-26,47-52H2,1-2H3. The number of benzene rings is 8. The minimum absolute atomic E-state index is 0.339. The van der Waals surface area contributed by atoms with Crippen LogP contribution >= 0.6 is 0 Å². The lowest BCUT2D eigenvalue weighted by molar-refractivity contribution is 0.299. The number of rotatable bonds is 39. The van der Waals surface area contributed by atoms with Crippen molar-refractivity contribution >= 4 is 21.5 Å². The van der Waals surface area contributed by atoms with Gasteiger partial charge in [0.05, 0.1) is 50.8 Å². The molecule has 0 N–H and O–H groups in total. The van der Waals surface area contributed by atoms with Gasteiger partial charge in [-0.05, 0) is 132 Å². The Kier molecular flexibility index (Phi) is 25.6. The molecule has 2 aromatic heterocycles. The van der Waals surface area contributed by atoms with E-state index in [1.54, 1.807) is 49.1 Å². The van der Waals surface area contributed by atoms with Crippen molar-refractivity contribution in [2.75, 3.05) is 39.6 Å². The Bertz CT molecular complexity index is 3590. The van der Waals surface area contributed by atoms with Gasteiger partial charge in [-0.1, -0.05) is 189 Å². The molecule has 0 aliphatic rings. The Hall–Kier alpha value is -8.90. The highest BCUT2D eigenvalue weighted by Crippen LogP contribution is 2.46. The minimum atomic E-state index is -0.401. The van der Waals surface area contributed by atoms with E-state index in [1.807, 2.05) is 48.5 Å². The summed E-state index contributed by atoms with van der Waals surface area (Å²) >= 11 is 0. The Balaban J connectivity index is 0.596. The first-order valence-corrected chi connectivity index (χ1v) is 33.7. The summed E-state index contributed by atoms with van der Waals surface area (Å²) in [7, 11) is 0. The number of aromatic nitrogens is 4. The normalized spacial score (nSPS) is 11.3. The van der Waals surface area contributed by atoms with Gasteiger partial charge < -0.3 is 28.4 Å². The summed E-state index contributed by atoms with van der Waals surface area (Å²) in [5.74, 6) is 4.38. The zero-order valence-corrected chi connectivity index (χ0v) is 53.7. The van der Waals surface area contributed by atoms with Crippen molar-refractivity contribution in [1.82, 2.24) is 19.9 Å². The number of ether oxygens (including phenoxy) is 6. The lowest BCUT2D eigenvalue weighted by atomic mass is 9.92. The molecule has 0 aliphatic heterocycles. The van der Waals surface area contributed by atoms with Crippen LogP contribution in [0.4, 0.5) is 8.78 Å². The van der Waals surface area contributed by atoms with E-state index in [2.05, 4.69) is 107 Å². The Morgan fingerprint density at radius 2 is 0.609 bits per heavy atom. The third-order valence-corrected chi connectivity index (χ3v) is 16.7. The van der Waals surface area contributed by atoms with Gasteiger partial charge in [0.25, 0.3) is 0 Å². The molecule has 0 unspecified atom stereocenters. The second-order valence-electron chi connectivity index (χ2n) is 23.7. The smallest absolute Gasteiger partial charge is 0.162 e. The summed E-state index contributed by atoms with van der Waals surface area (Å²) in [6.07, 6.45) is 29.0. The summed E-state index contributed by atoms with van der Waals surface area (Å²) < 4.78 is 66.7. The number of nitrogens with zero attached hydrogens (tertiary/aromatic N) is 4. The summed E-state index contributed by atoms with van der Waals surface area (Å²) in [4.78, 5) is 17.8. The molecule has 0 saturated heterocycles. The fourth-order valence-electron chi connectivity index (χ4n) is 11.5. The molecule has 0 bridgehead atoms. The molecule has 10 nitrogen and oxygen atoms in total. The zero-order chi connectivity index (χ0) is 63.4. The van der Waals surface area contributed by atoms with E-state index >= 15 is 0 Å². The molecule has 0 aliphatic carbocycles. The van der Waals surface area contributed by atoms with E-state index in [9.17, 15) is 8.78 Å². The van der Waals surface area contributed by atoms with Crippen molar-refractivity contribution < 1.29 is 37.2 Å². The van der Waals surface area contributed by atoms with E-state index in [0.717, 1.165) is 144 Å². The molecule has 0 saturated carbocycles. The molecular weight excluding hydrogens is 1150 g/mol. The van der Waals surface area contributed by atoms with E-state index in [4.69, 9.17) is 28.4 Å². The predicted octanol–water partition coefficient (Wildman–Crippen LogP) is 21.7. The molecule has 0 atom stereocenters. The quantitative estimate of drug-likeness (QED) is 0.0346. The van der Waals surface area contributed by atoms with Crippen LogP contribution in [0.2, 0.25) is 0 Å². The van der Waals surface area contributed by atoms with Crippen LogP contribution < -0.4 is 28.4 Å². The lowest BCUT2D eigenvalue weighted by Crippen LogP contribution is -2.02. The van der Waals surface area contributed by atoms with Gasteiger partial charge in [0.1, 0.15) is 46.1 Å². The lowest BCUT2D eigenvalue weighted by Gasteiger charge is -2.20. The molecule has 2 heterocycles. The predicted molar refractivity (Wildman–Crippen MR) is 369 cm³/mol. The molecule has 0 fully saturated rings. The Morgan fingerprint density at radius 1 is 0.293 bits per heavy atom. The maximum absolute atomic E-state index is 14.9. The average molecular weight is 1240 g/mol. The highest BCUT2D eigenvalue weighted by Gasteiger charge is 2.20. The third kappa shape index (κ3) is 19.1. The van der Waals surface area contributed by atoms with Gasteiger partial charge in [-0.15, -0.1) is 0 Å². The van der Waals surface area contributed by atoms with Gasteiger partial charge in [0.2, 0.25) is 0 Å². The van der Waals surface area contributed by atoms with Crippen LogP contribution in [0.15, 0.2) is 183 Å². The first-order chi connectivity index (χ1) is 45.4. The van der Waals surface area contributed by atoms with Crippen LogP contribution in [0, 0.1) is 11.6 Å². The van der Waals surface area contributed by atoms with Gasteiger partial charge in [0.15, 0.2) is 11.6 Å². The number of unbranched alkanes of at least 4 members (excludes halogenated alkanes) is 16. The van der Waals surface area contributed by atoms with Crippen LogP contribution in [-0.2, 0) is 0 Å². The first kappa shape index (κ1) is 66.0. The molecule has 0 amide bonds. The SMILES string of the molecule is CCCCOc1ccc(-c2ncc(-c3ccc(OCCCCCCCCCCOc4ccc5ccccc5c4-c4c(OCCCCCCCCCCOc5ccc(-c6cnc(-c7ccc(OCCCC)cc7F)nc6)cc5)ccc5ccccc45)cc3)cn2)c(F)c1. The van der Waals surface area contributed by atoms with Crippen LogP contribution in [0.25, 0.3) is 77.7 Å². The van der Waals surface area contributed by atoms with Crippen molar-refractivity contribution in [3.8, 4) is 90.7 Å². The van der Waals surface area contributed by atoms with Crippen LogP contribution in [0.5, 0.6) is 34.5 Å². The van der Waals surface area contributed by atoms with E-state index in [0.29, 0.717) is 73.9 Å². The van der Waals surface area contributed by atoms with Crippen molar-refractivity contribution in [2.45, 2.75) is 142 Å². The Labute approximate surface area is 542 Å². The number of halogens is 2. The van der Waals surface area contributed by atoms with Gasteiger partial charge in [-0.25, -0.2) is 28.7 Å². The topological polar surface area (TPSA) is 107 Å². The van der Waals surface area contributed by atoms with Gasteiger partial charge in [-0.2, -0.15) is 0 Å². The number of fused-ring (bicyclic) bond motifs is 2. The second kappa shape index (κ2) is 35.6. The highest BCUT2D eigenvalue weighted by molar-refractivity contribution is 6.09. The number of hydrogen-bond acceptors (Lipinski definition) is 10. The summed E-state index contributed by atoms with van der Waals surface area (Å²) in [5.41, 5.74) is 6.54. The monoisotopic (exact) mass is 1240 g/mol. The van der Waals surface area contributed by atoms with Crippen LogP contribution in [0.3, 0.4) is 0 Å². The fraction of sp³-hybridized carbons (Fsp3) is 0.350. The molecule has 92 heavy (non-hydrogen) atoms. The summed E-state index contributed by atoms with van der Waals surface area (Å²) in [6.45, 7) is 8.01. The highest BCUT2D eigenvalue weighted by atomic mass is 19.1. The fourth-order valence-corrected chi connectivity index (χ4v) is 11.5. The summed E-state index contributed by atoms with van der Waals surface area (Å²) in [6, 6.07) is 51.5. The van der Waals surface area contributed by atoms with E-state index in [-0.39, 0.29) is 0 Å². The molecule has 478 valence electrons. The minimum Gasteiger partial charge on any atom is -0.494 e. The van der Waals surface area contributed by atoms with E-state index in [1.165, 1.54) is 74.3 Å². The molecule has 0 radical (unpaired) electrons. The first-order valence-electron chi connectivity index (χ1n) is 33.7. The van der Waals surface area contributed by atoms with Gasteiger partial charge >= 0.3 is 0 Å². The second-order valence-corrected chi connectivity index (χ2v) is 23.7. The summed E-state index contributed by atoms with van der Waals surface area (Å²) in [5, 5.41) is 4.68. The maximum atomic E-state index is 14.9. The number of hydrogen-bond donors (Lipinski definition) is 0. The van der Waals surface area contributed by atoms with Crippen LogP contribution in [-0.4, -0.2) is 59.6 Å². The third-order valence-electron chi connectivity index (χ3n) is 16.7. The molecular formula is C80H88F2N4O6. The Morgan fingerprint density at radius 3 is 0.967 bits per heavy atom. The van der Waals surface area contributed by atoms with Crippen molar-refractivity contribution in [2.24, 2.45) is 0 Å². The molecule has 10 aromatic rings. The van der Waals surface area contributed by atoms with E-state index < -0.39 is 11.6 Å².